The zero-order chi connectivity index (χ0) is 19.7. The number of fused-ring (bicyclic) bond motifs is 1. The maximum atomic E-state index is 12.9. The van der Waals surface area contributed by atoms with E-state index in [-0.39, 0.29) is 19.0 Å². The summed E-state index contributed by atoms with van der Waals surface area (Å²) in [4.78, 5) is 21.9. The first-order valence-corrected chi connectivity index (χ1v) is 9.73. The third-order valence-electron chi connectivity index (χ3n) is 5.27. The molecule has 29 heavy (non-hydrogen) atoms. The summed E-state index contributed by atoms with van der Waals surface area (Å²) in [7, 11) is 0. The van der Waals surface area contributed by atoms with E-state index in [1.807, 2.05) is 38.1 Å². The summed E-state index contributed by atoms with van der Waals surface area (Å²) in [6, 6.07) is 7.55. The van der Waals surface area contributed by atoms with Gasteiger partial charge < -0.3 is 20.3 Å². The lowest BCUT2D eigenvalue weighted by Gasteiger charge is -2.19. The fourth-order valence-electron chi connectivity index (χ4n) is 3.74. The average molecular weight is 396 g/mol. The van der Waals surface area contributed by atoms with E-state index in [1.54, 1.807) is 17.0 Å². The van der Waals surface area contributed by atoms with Crippen molar-refractivity contribution in [2.75, 3.05) is 10.6 Å². The molecule has 0 unspecified atom stereocenters. The third-order valence-corrected chi connectivity index (χ3v) is 5.27. The molecule has 0 radical (unpaired) electrons. The number of rotatable bonds is 5. The Labute approximate surface area is 170 Å². The number of anilines is 3. The molecular weight excluding hydrogens is 366 g/mol. The summed E-state index contributed by atoms with van der Waals surface area (Å²) >= 11 is 0. The van der Waals surface area contributed by atoms with Gasteiger partial charge in [0, 0.05) is 18.9 Å². The molecule has 0 bridgehead atoms. The minimum Gasteiger partial charge on any atom is -0.391 e. The summed E-state index contributed by atoms with van der Waals surface area (Å²) in [5, 5.41) is 18.1. The van der Waals surface area contributed by atoms with Crippen molar-refractivity contribution >= 4 is 28.2 Å². The predicted molar refractivity (Wildman–Crippen MR) is 118 cm³/mol. The highest BCUT2D eigenvalue weighted by Crippen LogP contribution is 2.28. The Morgan fingerprint density at radius 3 is 2.76 bits per heavy atom. The first kappa shape index (κ1) is 20.8. The van der Waals surface area contributed by atoms with Crippen LogP contribution in [0.25, 0.3) is 10.8 Å². The summed E-state index contributed by atoms with van der Waals surface area (Å²) in [5.41, 5.74) is 1.01. The zero-order valence-electron chi connectivity index (χ0n) is 16.1. The molecule has 3 N–H and O–H groups in total. The van der Waals surface area contributed by atoms with E-state index >= 15 is 0 Å². The molecule has 1 aliphatic rings. The van der Waals surface area contributed by atoms with Crippen molar-refractivity contribution in [3.63, 3.8) is 0 Å². The number of nitrogens with one attached hydrogen (secondary N) is 2. The van der Waals surface area contributed by atoms with E-state index in [0.29, 0.717) is 29.4 Å². The number of aryl methyl sites for hydroxylation is 2. The molecule has 7 heteroatoms. The lowest BCUT2D eigenvalue weighted by Crippen LogP contribution is -2.30. The predicted octanol–water partition coefficient (Wildman–Crippen LogP) is 3.82. The van der Waals surface area contributed by atoms with E-state index in [9.17, 15) is 9.90 Å². The third kappa shape index (κ3) is 4.24. The van der Waals surface area contributed by atoms with Crippen LogP contribution in [0.5, 0.6) is 0 Å². The van der Waals surface area contributed by atoms with Crippen LogP contribution < -0.4 is 16.2 Å². The highest BCUT2D eigenvalue weighted by atomic mass is 16.3. The quantitative estimate of drug-likeness (QED) is 0.608. The van der Waals surface area contributed by atoms with E-state index < -0.39 is 6.10 Å². The van der Waals surface area contributed by atoms with Gasteiger partial charge >= 0.3 is 0 Å². The van der Waals surface area contributed by atoms with E-state index in [4.69, 9.17) is 0 Å². The SMILES string of the molecule is C.CCn1ccc2cc(Nc3cc(C)ccn3)nc(N[C@H]3CCC[C@H]3O)c2c1=O. The number of aromatic nitrogens is 3. The molecule has 1 fully saturated rings. The van der Waals surface area contributed by atoms with E-state index in [0.717, 1.165) is 30.2 Å². The van der Waals surface area contributed by atoms with Crippen LogP contribution in [0.15, 0.2) is 41.5 Å². The van der Waals surface area contributed by atoms with Crippen molar-refractivity contribution in [2.45, 2.75) is 59.2 Å². The number of pyridine rings is 3. The Morgan fingerprint density at radius 1 is 1.24 bits per heavy atom. The maximum absolute atomic E-state index is 12.9. The van der Waals surface area contributed by atoms with Gasteiger partial charge in [-0.3, -0.25) is 4.79 Å². The smallest absolute Gasteiger partial charge is 0.262 e. The van der Waals surface area contributed by atoms with Crippen LogP contribution in [0, 0.1) is 6.92 Å². The second kappa shape index (κ2) is 8.61. The number of hydrogen-bond acceptors (Lipinski definition) is 6. The van der Waals surface area contributed by atoms with Gasteiger partial charge in [-0.1, -0.05) is 7.43 Å². The first-order valence-electron chi connectivity index (χ1n) is 9.73. The van der Waals surface area contributed by atoms with Gasteiger partial charge in [-0.05, 0) is 68.3 Å². The normalized spacial score (nSPS) is 18.4. The van der Waals surface area contributed by atoms with Crippen LogP contribution in [0.3, 0.4) is 0 Å². The fourth-order valence-corrected chi connectivity index (χ4v) is 3.74. The molecule has 0 amide bonds. The van der Waals surface area contributed by atoms with Gasteiger partial charge in [-0.25, -0.2) is 9.97 Å². The Bertz CT molecular complexity index is 1060. The Kier molecular flexibility index (Phi) is 6.17. The second-order valence-corrected chi connectivity index (χ2v) is 7.32. The molecule has 3 aromatic rings. The molecule has 4 rings (SSSR count). The van der Waals surface area contributed by atoms with Crippen molar-refractivity contribution in [3.05, 3.63) is 52.6 Å². The minimum atomic E-state index is -0.427. The second-order valence-electron chi connectivity index (χ2n) is 7.32. The molecule has 7 nitrogen and oxygen atoms in total. The molecule has 2 atom stereocenters. The topological polar surface area (TPSA) is 92.1 Å². The van der Waals surface area contributed by atoms with Gasteiger partial charge in [0.05, 0.1) is 17.5 Å². The standard InChI is InChI=1S/C21H25N5O2.CH4/c1-3-26-10-8-14-12-18(24-17-11-13(2)7-9-22-17)25-20(19(14)21(26)28)23-15-5-4-6-16(15)27;/h7-12,15-16,27H,3-6H2,1-2H3,(H2,22,23,24,25);1H4/t15-,16+;/m0./s1. The molecule has 0 aromatic carbocycles. The lowest BCUT2D eigenvalue weighted by molar-refractivity contribution is 0.171. The van der Waals surface area contributed by atoms with Gasteiger partial charge in [0.2, 0.25) is 0 Å². The number of nitrogens with zero attached hydrogens (tertiary/aromatic N) is 3. The Hall–Kier alpha value is -2.93. The highest BCUT2D eigenvalue weighted by Gasteiger charge is 2.26. The van der Waals surface area contributed by atoms with Gasteiger partial charge in [0.25, 0.3) is 5.56 Å². The van der Waals surface area contributed by atoms with Crippen molar-refractivity contribution in [1.82, 2.24) is 14.5 Å². The monoisotopic (exact) mass is 395 g/mol. The molecule has 3 aromatic heterocycles. The highest BCUT2D eigenvalue weighted by molar-refractivity contribution is 5.93. The molecule has 1 saturated carbocycles. The largest absolute Gasteiger partial charge is 0.391 e. The molecule has 0 aliphatic heterocycles. The molecule has 0 spiro atoms. The number of aliphatic hydroxyl groups excluding tert-OH is 1. The minimum absolute atomic E-state index is 0. The molecule has 154 valence electrons. The van der Waals surface area contributed by atoms with Gasteiger partial charge in [0.15, 0.2) is 0 Å². The van der Waals surface area contributed by atoms with Gasteiger partial charge in [0.1, 0.15) is 17.5 Å². The number of hydrogen-bond donors (Lipinski definition) is 3. The van der Waals surface area contributed by atoms with Gasteiger partial charge in [-0.2, -0.15) is 0 Å². The average Bonchev–Trinajstić information content (AvgIpc) is 3.06. The molecule has 3 heterocycles. The Balaban J connectivity index is 0.00000240. The Morgan fingerprint density at radius 2 is 2.07 bits per heavy atom. The molecule has 0 saturated heterocycles. The maximum Gasteiger partial charge on any atom is 0.262 e. The first-order chi connectivity index (χ1) is 13.5. The molecular formula is C22H29N5O2. The fraction of sp³-hybridized carbons (Fsp3) is 0.409. The van der Waals surface area contributed by atoms with Crippen LogP contribution in [-0.4, -0.2) is 31.8 Å². The van der Waals surface area contributed by atoms with Crippen LogP contribution in [0.1, 0.15) is 39.2 Å². The van der Waals surface area contributed by atoms with Crippen molar-refractivity contribution < 1.29 is 5.11 Å². The molecule has 1 aliphatic carbocycles. The summed E-state index contributed by atoms with van der Waals surface area (Å²) in [6.45, 7) is 4.53. The summed E-state index contributed by atoms with van der Waals surface area (Å²) in [5.74, 6) is 1.81. The van der Waals surface area contributed by atoms with Crippen LogP contribution in [0.2, 0.25) is 0 Å². The van der Waals surface area contributed by atoms with Crippen molar-refractivity contribution in [1.29, 1.82) is 0 Å². The summed E-state index contributed by atoms with van der Waals surface area (Å²) < 4.78 is 1.66. The lowest BCUT2D eigenvalue weighted by atomic mass is 10.1. The zero-order valence-corrected chi connectivity index (χ0v) is 16.1. The number of aliphatic hydroxyl groups is 1. The van der Waals surface area contributed by atoms with E-state index in [2.05, 4.69) is 20.6 Å². The van der Waals surface area contributed by atoms with Crippen LogP contribution >= 0.6 is 0 Å². The van der Waals surface area contributed by atoms with Gasteiger partial charge in [-0.15, -0.1) is 0 Å². The van der Waals surface area contributed by atoms with Crippen LogP contribution in [0.4, 0.5) is 17.5 Å². The van der Waals surface area contributed by atoms with Crippen LogP contribution in [-0.2, 0) is 6.54 Å². The van der Waals surface area contributed by atoms with Crippen molar-refractivity contribution in [2.24, 2.45) is 0 Å². The van der Waals surface area contributed by atoms with E-state index in [1.165, 1.54) is 0 Å². The summed E-state index contributed by atoms with van der Waals surface area (Å²) in [6.07, 6.45) is 5.70. The van der Waals surface area contributed by atoms with Crippen molar-refractivity contribution in [3.8, 4) is 0 Å².